The average molecular weight is 338 g/mol. The van der Waals surface area contributed by atoms with Crippen LogP contribution >= 0.6 is 0 Å². The second-order valence-electron chi connectivity index (χ2n) is 6.98. The standard InChI is InChI=1S/C23H30O2/c1-7-8-9-19-14-20(13-12-15(19)2)22-17(4)11-10-16(3)21(22)18(5)23(24)25-6/h10-14,18H,7-9H2,1-6H3. The van der Waals surface area contributed by atoms with Gasteiger partial charge in [0.25, 0.3) is 0 Å². The molecule has 2 rings (SSSR count). The maximum absolute atomic E-state index is 12.2. The van der Waals surface area contributed by atoms with Gasteiger partial charge in [0.05, 0.1) is 13.0 Å². The molecule has 0 amide bonds. The fourth-order valence-electron chi connectivity index (χ4n) is 3.53. The van der Waals surface area contributed by atoms with Gasteiger partial charge < -0.3 is 4.74 Å². The number of unbranched alkanes of at least 4 members (excludes halogenated alkanes) is 1. The van der Waals surface area contributed by atoms with Gasteiger partial charge in [-0.2, -0.15) is 0 Å². The zero-order chi connectivity index (χ0) is 18.6. The Morgan fingerprint density at radius 1 is 1.04 bits per heavy atom. The summed E-state index contributed by atoms with van der Waals surface area (Å²) in [7, 11) is 1.46. The first kappa shape index (κ1) is 19.2. The SMILES string of the molecule is CCCCc1cc(-c2c(C)ccc(C)c2C(C)C(=O)OC)ccc1C. The van der Waals surface area contributed by atoms with E-state index >= 15 is 0 Å². The lowest BCUT2D eigenvalue weighted by Crippen LogP contribution is -2.14. The normalized spacial score (nSPS) is 12.1. The number of carbonyl (C=O) groups is 1. The molecular weight excluding hydrogens is 308 g/mol. The molecule has 0 aliphatic carbocycles. The highest BCUT2D eigenvalue weighted by molar-refractivity contribution is 5.84. The Kier molecular flexibility index (Phi) is 6.41. The average Bonchev–Trinajstić information content (AvgIpc) is 2.61. The van der Waals surface area contributed by atoms with E-state index in [-0.39, 0.29) is 11.9 Å². The molecular formula is C23H30O2. The highest BCUT2D eigenvalue weighted by atomic mass is 16.5. The summed E-state index contributed by atoms with van der Waals surface area (Å²) < 4.78 is 5.01. The number of rotatable bonds is 6. The van der Waals surface area contributed by atoms with E-state index in [1.54, 1.807) is 0 Å². The van der Waals surface area contributed by atoms with Crippen molar-refractivity contribution in [3.05, 3.63) is 58.1 Å². The van der Waals surface area contributed by atoms with Crippen molar-refractivity contribution in [1.82, 2.24) is 0 Å². The number of ether oxygens (including phenoxy) is 1. The van der Waals surface area contributed by atoms with Crippen molar-refractivity contribution in [3.8, 4) is 11.1 Å². The molecule has 2 aromatic rings. The van der Waals surface area contributed by atoms with Crippen LogP contribution in [-0.2, 0) is 16.0 Å². The first-order valence-electron chi connectivity index (χ1n) is 9.18. The summed E-state index contributed by atoms with van der Waals surface area (Å²) in [5, 5.41) is 0. The third kappa shape index (κ3) is 4.12. The topological polar surface area (TPSA) is 26.3 Å². The van der Waals surface area contributed by atoms with Crippen molar-refractivity contribution < 1.29 is 9.53 Å². The zero-order valence-corrected chi connectivity index (χ0v) is 16.4. The van der Waals surface area contributed by atoms with Crippen LogP contribution < -0.4 is 0 Å². The summed E-state index contributed by atoms with van der Waals surface area (Å²) in [4.78, 5) is 12.2. The number of hydrogen-bond acceptors (Lipinski definition) is 2. The van der Waals surface area contributed by atoms with E-state index in [2.05, 4.69) is 58.0 Å². The Morgan fingerprint density at radius 3 is 2.32 bits per heavy atom. The van der Waals surface area contributed by atoms with E-state index in [4.69, 9.17) is 4.74 Å². The van der Waals surface area contributed by atoms with Crippen LogP contribution in [0.2, 0.25) is 0 Å². The molecule has 134 valence electrons. The number of hydrogen-bond donors (Lipinski definition) is 0. The Bertz CT molecular complexity index is 759. The van der Waals surface area contributed by atoms with Crippen LogP contribution in [0.4, 0.5) is 0 Å². The summed E-state index contributed by atoms with van der Waals surface area (Å²) >= 11 is 0. The Labute approximate surface area is 152 Å². The zero-order valence-electron chi connectivity index (χ0n) is 16.4. The lowest BCUT2D eigenvalue weighted by atomic mass is 9.84. The molecule has 0 spiro atoms. The molecule has 2 nitrogen and oxygen atoms in total. The number of carbonyl (C=O) groups excluding carboxylic acids is 1. The Hall–Kier alpha value is -2.09. The molecule has 0 bridgehead atoms. The van der Waals surface area contributed by atoms with Crippen LogP contribution in [-0.4, -0.2) is 13.1 Å². The van der Waals surface area contributed by atoms with Gasteiger partial charge in [-0.1, -0.05) is 43.7 Å². The van der Waals surface area contributed by atoms with Gasteiger partial charge in [0.15, 0.2) is 0 Å². The Morgan fingerprint density at radius 2 is 1.68 bits per heavy atom. The first-order chi connectivity index (χ1) is 11.9. The first-order valence-corrected chi connectivity index (χ1v) is 9.18. The fourth-order valence-corrected chi connectivity index (χ4v) is 3.53. The number of methoxy groups -OCH3 is 1. The summed E-state index contributed by atoms with van der Waals surface area (Å²) in [6, 6.07) is 10.9. The largest absolute Gasteiger partial charge is 0.469 e. The number of benzene rings is 2. The van der Waals surface area contributed by atoms with Crippen LogP contribution in [0, 0.1) is 20.8 Å². The quantitative estimate of drug-likeness (QED) is 0.613. The molecule has 0 aromatic heterocycles. The highest BCUT2D eigenvalue weighted by Crippen LogP contribution is 2.36. The van der Waals surface area contributed by atoms with Crippen LogP contribution in [0.1, 0.15) is 60.4 Å². The van der Waals surface area contributed by atoms with Gasteiger partial charge in [0.1, 0.15) is 0 Å². The molecule has 25 heavy (non-hydrogen) atoms. The van der Waals surface area contributed by atoms with Gasteiger partial charge in [0, 0.05) is 0 Å². The van der Waals surface area contributed by atoms with Crippen molar-refractivity contribution in [2.75, 3.05) is 7.11 Å². The molecule has 1 atom stereocenters. The van der Waals surface area contributed by atoms with Gasteiger partial charge in [-0.15, -0.1) is 0 Å². The smallest absolute Gasteiger partial charge is 0.312 e. The summed E-state index contributed by atoms with van der Waals surface area (Å²) in [5.74, 6) is -0.464. The van der Waals surface area contributed by atoms with E-state index in [9.17, 15) is 4.79 Å². The predicted molar refractivity (Wildman–Crippen MR) is 105 cm³/mol. The van der Waals surface area contributed by atoms with Crippen LogP contribution in [0.3, 0.4) is 0 Å². The van der Waals surface area contributed by atoms with Crippen molar-refractivity contribution >= 4 is 5.97 Å². The third-order valence-corrected chi connectivity index (χ3v) is 5.10. The van der Waals surface area contributed by atoms with E-state index in [1.165, 1.54) is 47.8 Å². The highest BCUT2D eigenvalue weighted by Gasteiger charge is 2.23. The Balaban J connectivity index is 2.62. The molecule has 0 radical (unpaired) electrons. The van der Waals surface area contributed by atoms with Crippen molar-refractivity contribution in [3.63, 3.8) is 0 Å². The number of esters is 1. The minimum atomic E-state index is -0.278. The maximum Gasteiger partial charge on any atom is 0.312 e. The van der Waals surface area contributed by atoms with Crippen LogP contribution in [0.25, 0.3) is 11.1 Å². The molecule has 2 heteroatoms. The van der Waals surface area contributed by atoms with Gasteiger partial charge in [-0.3, -0.25) is 4.79 Å². The second-order valence-corrected chi connectivity index (χ2v) is 6.98. The monoisotopic (exact) mass is 338 g/mol. The van der Waals surface area contributed by atoms with Crippen LogP contribution in [0.5, 0.6) is 0 Å². The summed E-state index contributed by atoms with van der Waals surface area (Å²) in [6.07, 6.45) is 3.49. The van der Waals surface area contributed by atoms with Crippen LogP contribution in [0.15, 0.2) is 30.3 Å². The molecule has 2 aromatic carbocycles. The lowest BCUT2D eigenvalue weighted by molar-refractivity contribution is -0.142. The van der Waals surface area contributed by atoms with Gasteiger partial charge in [-0.05, 0) is 79.5 Å². The number of aryl methyl sites for hydroxylation is 4. The predicted octanol–water partition coefficient (Wildman–Crippen LogP) is 5.90. The minimum absolute atomic E-state index is 0.187. The molecule has 0 aliphatic heterocycles. The van der Waals surface area contributed by atoms with Gasteiger partial charge in [-0.25, -0.2) is 0 Å². The van der Waals surface area contributed by atoms with E-state index in [1.807, 2.05) is 6.92 Å². The van der Waals surface area contributed by atoms with Crippen molar-refractivity contribution in [2.24, 2.45) is 0 Å². The molecule has 0 saturated heterocycles. The maximum atomic E-state index is 12.2. The lowest BCUT2D eigenvalue weighted by Gasteiger charge is -2.21. The van der Waals surface area contributed by atoms with Gasteiger partial charge in [0.2, 0.25) is 0 Å². The molecule has 0 N–H and O–H groups in total. The molecule has 0 fully saturated rings. The van der Waals surface area contributed by atoms with E-state index < -0.39 is 0 Å². The van der Waals surface area contributed by atoms with Crippen molar-refractivity contribution in [1.29, 1.82) is 0 Å². The molecule has 0 aliphatic rings. The summed E-state index contributed by atoms with van der Waals surface area (Å²) in [5.41, 5.74) is 8.52. The van der Waals surface area contributed by atoms with E-state index in [0.717, 1.165) is 17.5 Å². The second kappa shape index (κ2) is 8.33. The molecule has 0 heterocycles. The van der Waals surface area contributed by atoms with Gasteiger partial charge >= 0.3 is 5.97 Å². The minimum Gasteiger partial charge on any atom is -0.469 e. The summed E-state index contributed by atoms with van der Waals surface area (Å²) in [6.45, 7) is 10.5. The van der Waals surface area contributed by atoms with E-state index in [0.29, 0.717) is 0 Å². The molecule has 1 unspecified atom stereocenters. The molecule has 0 saturated carbocycles. The third-order valence-electron chi connectivity index (χ3n) is 5.10. The fraction of sp³-hybridized carbons (Fsp3) is 0.435. The van der Waals surface area contributed by atoms with Crippen molar-refractivity contribution in [2.45, 2.75) is 59.8 Å².